The van der Waals surface area contributed by atoms with Gasteiger partial charge in [-0.15, -0.1) is 0 Å². The van der Waals surface area contributed by atoms with Crippen LogP contribution in [0.5, 0.6) is 5.75 Å². The SMILES string of the molecule is CC(C)(C)c1ccc(CNCc2cccc(OCC(=O)O)c2)cc1.c1ccncc1. The summed E-state index contributed by atoms with van der Waals surface area (Å²) in [6.07, 6.45) is 3.50. The monoisotopic (exact) mass is 406 g/mol. The number of pyridine rings is 1. The highest BCUT2D eigenvalue weighted by Gasteiger charge is 2.12. The van der Waals surface area contributed by atoms with Gasteiger partial charge in [-0.2, -0.15) is 0 Å². The average molecular weight is 407 g/mol. The van der Waals surface area contributed by atoms with E-state index in [9.17, 15) is 4.79 Å². The predicted octanol–water partition coefficient (Wildman–Crippen LogP) is 4.82. The Bertz CT molecular complexity index is 862. The van der Waals surface area contributed by atoms with E-state index >= 15 is 0 Å². The van der Waals surface area contributed by atoms with Gasteiger partial charge in [0.15, 0.2) is 6.61 Å². The number of rotatable bonds is 7. The number of carboxylic acid groups (broad SMARTS) is 1. The van der Waals surface area contributed by atoms with Crippen molar-refractivity contribution in [1.82, 2.24) is 10.3 Å². The molecule has 30 heavy (non-hydrogen) atoms. The standard InChI is InChI=1S/C20H25NO3.C5H5N/c1-20(2,3)17-9-7-15(8-10-17)12-21-13-16-5-4-6-18(11-16)24-14-19(22)23;1-2-4-6-5-3-1/h4-11,21H,12-14H2,1-3H3,(H,22,23);1-5H. The lowest BCUT2D eigenvalue weighted by atomic mass is 9.87. The van der Waals surface area contributed by atoms with Crippen molar-refractivity contribution >= 4 is 5.97 Å². The van der Waals surface area contributed by atoms with Gasteiger partial charge in [-0.05, 0) is 46.4 Å². The first-order valence-electron chi connectivity index (χ1n) is 9.93. The van der Waals surface area contributed by atoms with Crippen molar-refractivity contribution in [3.8, 4) is 5.75 Å². The van der Waals surface area contributed by atoms with Crippen molar-refractivity contribution in [1.29, 1.82) is 0 Å². The number of nitrogens with zero attached hydrogens (tertiary/aromatic N) is 1. The lowest BCUT2D eigenvalue weighted by molar-refractivity contribution is -0.139. The first-order valence-corrected chi connectivity index (χ1v) is 9.93. The lowest BCUT2D eigenvalue weighted by Crippen LogP contribution is -2.14. The van der Waals surface area contributed by atoms with Crippen LogP contribution in [0.2, 0.25) is 0 Å². The molecule has 1 heterocycles. The largest absolute Gasteiger partial charge is 0.482 e. The fourth-order valence-electron chi connectivity index (χ4n) is 2.68. The van der Waals surface area contributed by atoms with Crippen LogP contribution in [0.15, 0.2) is 79.1 Å². The molecule has 3 aromatic rings. The minimum absolute atomic E-state index is 0.169. The number of hydrogen-bond donors (Lipinski definition) is 2. The van der Waals surface area contributed by atoms with Crippen LogP contribution in [-0.4, -0.2) is 22.7 Å². The zero-order valence-corrected chi connectivity index (χ0v) is 17.8. The molecule has 1 aromatic heterocycles. The summed E-state index contributed by atoms with van der Waals surface area (Å²) < 4.78 is 5.19. The van der Waals surface area contributed by atoms with E-state index in [1.807, 2.05) is 36.4 Å². The molecule has 158 valence electrons. The topological polar surface area (TPSA) is 71.5 Å². The Morgan fingerprint density at radius 3 is 2.13 bits per heavy atom. The van der Waals surface area contributed by atoms with Gasteiger partial charge in [0.25, 0.3) is 0 Å². The maximum absolute atomic E-state index is 10.5. The Kier molecular flexibility index (Phi) is 9.03. The summed E-state index contributed by atoms with van der Waals surface area (Å²) >= 11 is 0. The summed E-state index contributed by atoms with van der Waals surface area (Å²) in [5, 5.41) is 12.0. The van der Waals surface area contributed by atoms with Crippen LogP contribution in [0.3, 0.4) is 0 Å². The van der Waals surface area contributed by atoms with E-state index in [0.29, 0.717) is 12.3 Å². The van der Waals surface area contributed by atoms with Gasteiger partial charge in [0, 0.05) is 25.5 Å². The highest BCUT2D eigenvalue weighted by molar-refractivity contribution is 5.68. The van der Waals surface area contributed by atoms with Crippen molar-refractivity contribution in [3.63, 3.8) is 0 Å². The molecule has 0 aliphatic carbocycles. The molecule has 0 amide bonds. The molecule has 0 saturated heterocycles. The summed E-state index contributed by atoms with van der Waals surface area (Å²) in [6.45, 7) is 7.78. The van der Waals surface area contributed by atoms with Gasteiger partial charge in [0.1, 0.15) is 5.75 Å². The minimum Gasteiger partial charge on any atom is -0.482 e. The van der Waals surface area contributed by atoms with E-state index in [0.717, 1.165) is 12.1 Å². The second-order valence-corrected chi connectivity index (χ2v) is 7.90. The molecule has 0 aliphatic rings. The van der Waals surface area contributed by atoms with Gasteiger partial charge in [0.2, 0.25) is 0 Å². The van der Waals surface area contributed by atoms with Gasteiger partial charge < -0.3 is 15.2 Å². The summed E-state index contributed by atoms with van der Waals surface area (Å²) in [7, 11) is 0. The van der Waals surface area contributed by atoms with Crippen LogP contribution < -0.4 is 10.1 Å². The molecular weight excluding hydrogens is 376 g/mol. The van der Waals surface area contributed by atoms with Gasteiger partial charge in [-0.3, -0.25) is 4.98 Å². The molecule has 0 unspecified atom stereocenters. The Morgan fingerprint density at radius 1 is 0.933 bits per heavy atom. The number of carboxylic acids is 1. The van der Waals surface area contributed by atoms with E-state index in [1.54, 1.807) is 18.5 Å². The van der Waals surface area contributed by atoms with E-state index in [2.05, 4.69) is 55.3 Å². The van der Waals surface area contributed by atoms with Gasteiger partial charge in [-0.25, -0.2) is 4.79 Å². The molecule has 0 spiro atoms. The van der Waals surface area contributed by atoms with Crippen LogP contribution in [0.1, 0.15) is 37.5 Å². The molecule has 0 aliphatic heterocycles. The summed E-state index contributed by atoms with van der Waals surface area (Å²) in [4.78, 5) is 14.3. The van der Waals surface area contributed by atoms with Crippen LogP contribution >= 0.6 is 0 Å². The number of ether oxygens (including phenoxy) is 1. The van der Waals surface area contributed by atoms with Crippen LogP contribution in [0.4, 0.5) is 0 Å². The zero-order chi connectivity index (χ0) is 21.8. The number of hydrogen-bond acceptors (Lipinski definition) is 4. The Morgan fingerprint density at radius 2 is 1.60 bits per heavy atom. The third-order valence-electron chi connectivity index (χ3n) is 4.31. The van der Waals surface area contributed by atoms with Crippen LogP contribution in [0.25, 0.3) is 0 Å². The fourth-order valence-corrected chi connectivity index (χ4v) is 2.68. The quantitative estimate of drug-likeness (QED) is 0.589. The first kappa shape index (κ1) is 23.1. The molecule has 5 nitrogen and oxygen atoms in total. The predicted molar refractivity (Wildman–Crippen MR) is 119 cm³/mol. The van der Waals surface area contributed by atoms with Crippen LogP contribution in [0, 0.1) is 0 Å². The van der Waals surface area contributed by atoms with E-state index < -0.39 is 5.97 Å². The highest BCUT2D eigenvalue weighted by Crippen LogP contribution is 2.22. The van der Waals surface area contributed by atoms with Gasteiger partial charge in [-0.1, -0.05) is 63.2 Å². The van der Waals surface area contributed by atoms with Gasteiger partial charge >= 0.3 is 5.97 Å². The maximum Gasteiger partial charge on any atom is 0.341 e. The Labute approximate surface area is 178 Å². The molecule has 0 fully saturated rings. The summed E-state index contributed by atoms with van der Waals surface area (Å²) in [6, 6.07) is 21.9. The molecule has 3 rings (SSSR count). The van der Waals surface area contributed by atoms with E-state index in [-0.39, 0.29) is 12.0 Å². The number of nitrogens with one attached hydrogen (secondary N) is 1. The highest BCUT2D eigenvalue weighted by atomic mass is 16.5. The fraction of sp³-hybridized carbons (Fsp3) is 0.280. The van der Waals surface area contributed by atoms with E-state index in [4.69, 9.17) is 9.84 Å². The first-order chi connectivity index (χ1) is 14.3. The second-order valence-electron chi connectivity index (χ2n) is 7.90. The molecule has 2 N–H and O–H groups in total. The molecule has 0 atom stereocenters. The second kappa shape index (κ2) is 11.7. The number of aromatic nitrogens is 1. The Hall–Kier alpha value is -3.18. The van der Waals surface area contributed by atoms with Crippen molar-refractivity contribution in [2.45, 2.75) is 39.3 Å². The average Bonchev–Trinajstić information content (AvgIpc) is 2.74. The molecule has 5 heteroatoms. The third kappa shape index (κ3) is 8.88. The van der Waals surface area contributed by atoms with Crippen molar-refractivity contribution in [2.24, 2.45) is 0 Å². The smallest absolute Gasteiger partial charge is 0.341 e. The Balaban J connectivity index is 0.000000456. The molecular formula is C25H30N2O3. The minimum atomic E-state index is -0.975. The van der Waals surface area contributed by atoms with Crippen molar-refractivity contribution < 1.29 is 14.6 Å². The number of aliphatic carboxylic acids is 1. The molecule has 0 radical (unpaired) electrons. The molecule has 0 bridgehead atoms. The third-order valence-corrected chi connectivity index (χ3v) is 4.31. The number of benzene rings is 2. The van der Waals surface area contributed by atoms with Gasteiger partial charge in [0.05, 0.1) is 0 Å². The van der Waals surface area contributed by atoms with Crippen molar-refractivity contribution in [3.05, 3.63) is 95.8 Å². The van der Waals surface area contributed by atoms with E-state index in [1.165, 1.54) is 11.1 Å². The number of carbonyl (C=O) groups is 1. The summed E-state index contributed by atoms with van der Waals surface area (Å²) in [5.41, 5.74) is 3.79. The van der Waals surface area contributed by atoms with Crippen molar-refractivity contribution in [2.75, 3.05) is 6.61 Å². The molecule has 0 saturated carbocycles. The normalized spacial score (nSPS) is 10.6. The lowest BCUT2D eigenvalue weighted by Gasteiger charge is -2.19. The zero-order valence-electron chi connectivity index (χ0n) is 17.8. The van der Waals surface area contributed by atoms with Crippen LogP contribution in [-0.2, 0) is 23.3 Å². The molecule has 2 aromatic carbocycles. The summed E-state index contributed by atoms with van der Waals surface area (Å²) in [5.74, 6) is -0.400. The maximum atomic E-state index is 10.5.